The Labute approximate surface area is 599 Å². The van der Waals surface area contributed by atoms with Crippen LogP contribution in [-0.2, 0) is 70.1 Å². The molecule has 1 unspecified atom stereocenters. The lowest BCUT2D eigenvalue weighted by Gasteiger charge is -2.43. The van der Waals surface area contributed by atoms with Crippen molar-refractivity contribution in [2.75, 3.05) is 88.6 Å². The first-order valence-corrected chi connectivity index (χ1v) is 37.2. The highest BCUT2D eigenvalue weighted by Gasteiger charge is 2.51. The molecule has 1 aromatic rings. The molecule has 24 nitrogen and oxygen atoms in total. The molecule has 3 saturated carbocycles. The average Bonchev–Trinajstić information content (AvgIpc) is 1.74. The van der Waals surface area contributed by atoms with Gasteiger partial charge < -0.3 is 60.0 Å². The fraction of sp³-hybridized carbons (Fsp3) is 0.753. The molecular weight excluding hydrogens is 1330 g/mol. The van der Waals surface area contributed by atoms with Gasteiger partial charge in [-0.15, -0.1) is 0 Å². The number of nitrogens with one attached hydrogen (secondary N) is 3. The molecule has 0 aromatic heterocycles. The van der Waals surface area contributed by atoms with Crippen molar-refractivity contribution in [3.8, 4) is 0 Å². The highest BCUT2D eigenvalue weighted by atomic mass is 35.5. The van der Waals surface area contributed by atoms with Crippen molar-refractivity contribution in [1.82, 2.24) is 60.0 Å². The maximum absolute atomic E-state index is 15.8. The molecule has 101 heavy (non-hydrogen) atoms. The summed E-state index contributed by atoms with van der Waals surface area (Å²) in [6, 6.07) is -5.51. The number of hydrogen-bond acceptors (Lipinski definition) is 12. The molecule has 0 radical (unpaired) electrons. The lowest BCUT2D eigenvalue weighted by atomic mass is 9.81. The van der Waals surface area contributed by atoms with Crippen molar-refractivity contribution in [3.05, 3.63) is 34.3 Å². The zero-order valence-corrected chi connectivity index (χ0v) is 62.2. The van der Waals surface area contributed by atoms with Gasteiger partial charge in [0.2, 0.25) is 70.9 Å². The van der Waals surface area contributed by atoms with Crippen molar-refractivity contribution < 1.29 is 70.7 Å². The molecule has 12 amide bonds. The normalized spacial score (nSPS) is 26.8. The molecule has 3 aliphatic carbocycles. The van der Waals surface area contributed by atoms with Crippen LogP contribution in [0.15, 0.2) is 18.2 Å². The van der Waals surface area contributed by atoms with Crippen LogP contribution in [0.4, 0.5) is 13.2 Å². The van der Waals surface area contributed by atoms with Gasteiger partial charge in [0, 0.05) is 69.0 Å². The predicted octanol–water partition coefficient (Wildman–Crippen LogP) is 6.42. The molecule has 8 atom stereocenters. The molecule has 7 rings (SSSR count). The molecule has 564 valence electrons. The number of aryl methyl sites for hydroxylation is 1. The fourth-order valence-corrected chi connectivity index (χ4v) is 16.2. The number of fused-ring (bicyclic) bond motifs is 1. The summed E-state index contributed by atoms with van der Waals surface area (Å²) in [6.45, 7) is 6.47. The number of piperidine rings is 1. The third-order valence-electron chi connectivity index (χ3n) is 22.4. The number of amides is 12. The molecular formula is C73H112ClF3N12O12. The summed E-state index contributed by atoms with van der Waals surface area (Å²) >= 11 is 6.16. The van der Waals surface area contributed by atoms with Gasteiger partial charge in [-0.25, -0.2) is 0 Å². The Morgan fingerprint density at radius 2 is 1.21 bits per heavy atom. The first-order valence-electron chi connectivity index (χ1n) is 36.9. The lowest BCUT2D eigenvalue weighted by Crippen LogP contribution is -2.65. The number of alkyl halides is 3. The number of rotatable bonds is 11. The van der Waals surface area contributed by atoms with Crippen LogP contribution in [0, 0.1) is 23.7 Å². The van der Waals surface area contributed by atoms with Gasteiger partial charge in [0.25, 0.3) is 0 Å². The van der Waals surface area contributed by atoms with Crippen LogP contribution in [0.3, 0.4) is 0 Å². The molecule has 3 heterocycles. The Hall–Kier alpha value is -7.06. The third kappa shape index (κ3) is 20.6. The van der Waals surface area contributed by atoms with E-state index in [1.54, 1.807) is 11.8 Å². The quantitative estimate of drug-likeness (QED) is 0.217. The summed E-state index contributed by atoms with van der Waals surface area (Å²) in [4.78, 5) is 191. The SMILES string of the molecule is CC[C@H](C)[C@@H]1NC(=O)[C@H](CC(C)C)N(C)C(=O)C[C@@H](C(=O)N2CCCCC2)N(C)C(=O)[C@H](C2CCCCC2)N(C)C(=O)C2(CCCC2)NC(=O)C2CCCN2C(=O)[C@H](CCc2ccc(C(F)(F)F)c(Cl)c2)NC(=O)CN(C)C(=O)[C@H](CC2CCCCC2)N(C)C(=O)CN(C)C(=O)CN(C)C1=O. The molecule has 28 heteroatoms. The third-order valence-corrected chi connectivity index (χ3v) is 22.7. The number of carbonyl (C=O) groups is 12. The minimum Gasteiger partial charge on any atom is -0.343 e. The molecule has 3 saturated heterocycles. The molecule has 6 aliphatic rings. The minimum atomic E-state index is -4.76. The number of likely N-dealkylation sites (N-methyl/N-ethyl adjacent to an activating group) is 7. The Morgan fingerprint density at radius 3 is 1.81 bits per heavy atom. The van der Waals surface area contributed by atoms with Crippen molar-refractivity contribution in [1.29, 1.82) is 0 Å². The minimum absolute atomic E-state index is 0.0199. The maximum Gasteiger partial charge on any atom is 0.417 e. The van der Waals surface area contributed by atoms with E-state index in [0.29, 0.717) is 70.0 Å². The van der Waals surface area contributed by atoms with Gasteiger partial charge in [-0.05, 0) is 125 Å². The average molecular weight is 1440 g/mol. The predicted molar refractivity (Wildman–Crippen MR) is 374 cm³/mol. The van der Waals surface area contributed by atoms with Crippen molar-refractivity contribution >= 4 is 82.5 Å². The molecule has 6 fully saturated rings. The van der Waals surface area contributed by atoms with E-state index in [1.807, 2.05) is 20.8 Å². The number of likely N-dealkylation sites (tertiary alicyclic amines) is 1. The number of nitrogens with zero attached hydrogens (tertiary/aromatic N) is 9. The molecule has 0 bridgehead atoms. The van der Waals surface area contributed by atoms with Gasteiger partial charge in [-0.2, -0.15) is 13.2 Å². The van der Waals surface area contributed by atoms with Crippen LogP contribution in [0.25, 0.3) is 0 Å². The monoisotopic (exact) mass is 1440 g/mol. The Bertz CT molecular complexity index is 3130. The number of hydrogen-bond donors (Lipinski definition) is 3. The summed E-state index contributed by atoms with van der Waals surface area (Å²) in [5, 5.41) is 8.20. The second-order valence-corrected chi connectivity index (χ2v) is 30.6. The summed E-state index contributed by atoms with van der Waals surface area (Å²) in [6.07, 6.45) is 7.13. The van der Waals surface area contributed by atoms with E-state index in [1.165, 1.54) is 79.9 Å². The summed E-state index contributed by atoms with van der Waals surface area (Å²) in [5.74, 6) is -8.68. The van der Waals surface area contributed by atoms with Gasteiger partial charge in [0.05, 0.1) is 36.6 Å². The standard InChI is InChI=1S/C73H112ClF3N12O12/c1-12-47(4)62-69(99)83(7)44-60(92)81(5)45-61(93)85(9)56(41-48-25-16-13-17-26-48)67(97)82(6)43-58(90)78-53(33-31-49-30-32-51(52(74)40-49)73(75,76)77)66(96)89-38-24-29-54(89)65(95)80-72(34-20-21-35-72)71(101)87(11)63(50-27-18-14-19-28-50)70(100)86(10)57(68(98)88-36-22-15-23-37-88)42-59(91)84(8)55(39-46(2)3)64(94)79-62/h30,32,40,46-48,50,53-57,62-63H,12-29,31,33-39,41-45H2,1-11H3,(H,78,90)(H,79,94)(H,80,95)/t47-,53-,54?,55-,56-,57-,62-,63-/m0/s1. The fourth-order valence-electron chi connectivity index (χ4n) is 15.8. The van der Waals surface area contributed by atoms with E-state index in [-0.39, 0.29) is 63.3 Å². The highest BCUT2D eigenvalue weighted by Crippen LogP contribution is 2.39. The summed E-state index contributed by atoms with van der Waals surface area (Å²) in [5.41, 5.74) is -2.33. The van der Waals surface area contributed by atoms with Gasteiger partial charge in [0.15, 0.2) is 0 Å². The van der Waals surface area contributed by atoms with Gasteiger partial charge in [0.1, 0.15) is 47.8 Å². The topological polar surface area (TPSA) is 270 Å². The van der Waals surface area contributed by atoms with E-state index < -0.39 is 173 Å². The van der Waals surface area contributed by atoms with Gasteiger partial charge in [-0.1, -0.05) is 116 Å². The van der Waals surface area contributed by atoms with Crippen LogP contribution >= 0.6 is 11.6 Å². The molecule has 1 aromatic carbocycles. The van der Waals surface area contributed by atoms with Crippen molar-refractivity contribution in [3.63, 3.8) is 0 Å². The zero-order valence-electron chi connectivity index (χ0n) is 61.4. The Balaban J connectivity index is 1.29. The van der Waals surface area contributed by atoms with E-state index in [2.05, 4.69) is 16.0 Å². The van der Waals surface area contributed by atoms with Crippen LogP contribution < -0.4 is 16.0 Å². The van der Waals surface area contributed by atoms with E-state index in [0.717, 1.165) is 84.6 Å². The van der Waals surface area contributed by atoms with E-state index in [4.69, 9.17) is 11.6 Å². The first-order chi connectivity index (χ1) is 47.7. The Kier molecular flexibility index (Phi) is 29.3. The highest BCUT2D eigenvalue weighted by molar-refractivity contribution is 6.31. The summed E-state index contributed by atoms with van der Waals surface area (Å²) < 4.78 is 41.7. The molecule has 3 aliphatic heterocycles. The van der Waals surface area contributed by atoms with Crippen LogP contribution in [-0.4, -0.2) is 251 Å². The summed E-state index contributed by atoms with van der Waals surface area (Å²) in [7, 11) is 10.0. The Morgan fingerprint density at radius 1 is 0.614 bits per heavy atom. The largest absolute Gasteiger partial charge is 0.417 e. The van der Waals surface area contributed by atoms with E-state index in [9.17, 15) is 41.9 Å². The van der Waals surface area contributed by atoms with Crippen molar-refractivity contribution in [2.45, 2.75) is 242 Å². The van der Waals surface area contributed by atoms with Crippen LogP contribution in [0.2, 0.25) is 5.02 Å². The number of carbonyl (C=O) groups excluding carboxylic acids is 12. The lowest BCUT2D eigenvalue weighted by molar-refractivity contribution is -0.157. The van der Waals surface area contributed by atoms with Gasteiger partial charge in [-0.3, -0.25) is 57.5 Å². The maximum atomic E-state index is 15.8. The van der Waals surface area contributed by atoms with E-state index >= 15 is 28.8 Å². The molecule has 1 spiro atoms. The van der Waals surface area contributed by atoms with Gasteiger partial charge >= 0.3 is 6.18 Å². The second kappa shape index (κ2) is 36.4. The first kappa shape index (κ1) is 81.2. The second-order valence-electron chi connectivity index (χ2n) is 30.2. The number of halogens is 4. The molecule has 3 N–H and O–H groups in total. The zero-order chi connectivity index (χ0) is 74.4. The van der Waals surface area contributed by atoms with Crippen molar-refractivity contribution in [2.24, 2.45) is 23.7 Å². The van der Waals surface area contributed by atoms with Crippen LogP contribution in [0.1, 0.15) is 193 Å². The van der Waals surface area contributed by atoms with Crippen LogP contribution in [0.5, 0.6) is 0 Å². The smallest absolute Gasteiger partial charge is 0.343 e. The number of benzene rings is 1.